The Balaban J connectivity index is 2.73. The summed E-state index contributed by atoms with van der Waals surface area (Å²) in [6, 6.07) is 0. The van der Waals surface area contributed by atoms with Gasteiger partial charge in [-0.3, -0.25) is 0 Å². The van der Waals surface area contributed by atoms with Crippen molar-refractivity contribution >= 4 is 0 Å². The highest BCUT2D eigenvalue weighted by Gasteiger charge is 2.25. The van der Waals surface area contributed by atoms with E-state index >= 15 is 0 Å². The van der Waals surface area contributed by atoms with Crippen LogP contribution in [0.5, 0.6) is 0 Å². The van der Waals surface area contributed by atoms with Crippen molar-refractivity contribution in [3.05, 3.63) is 5.82 Å². The second kappa shape index (κ2) is 2.93. The van der Waals surface area contributed by atoms with E-state index in [1.807, 2.05) is 0 Å². The summed E-state index contributed by atoms with van der Waals surface area (Å²) in [6.45, 7) is 2.15. The van der Waals surface area contributed by atoms with Crippen LogP contribution in [0.1, 0.15) is 12.7 Å². The quantitative estimate of drug-likeness (QED) is 0.588. The molecule has 1 heterocycles. The molecule has 1 aromatic heterocycles. The molecular formula is C5H11N5O. The molecule has 0 aromatic carbocycles. The third-order valence-corrected chi connectivity index (χ3v) is 1.30. The normalized spacial score (nSPS) is 16.3. The minimum atomic E-state index is -0.665. The summed E-state index contributed by atoms with van der Waals surface area (Å²) in [5.74, 6) is 0.458. The number of nitrogens with one attached hydrogen (secondary N) is 1. The second-order valence-electron chi connectivity index (χ2n) is 2.59. The zero-order valence-electron chi connectivity index (χ0n) is 6.53. The van der Waals surface area contributed by atoms with E-state index in [1.54, 1.807) is 14.0 Å². The number of H-pyrrole nitrogens is 1. The van der Waals surface area contributed by atoms with Gasteiger partial charge in [-0.2, -0.15) is 5.21 Å². The van der Waals surface area contributed by atoms with Crippen molar-refractivity contribution in [3.8, 4) is 0 Å². The number of tetrazole rings is 1. The summed E-state index contributed by atoms with van der Waals surface area (Å²) in [6.07, 6.45) is 0. The average Bonchev–Trinajstić information content (AvgIpc) is 2.37. The molecule has 0 saturated carbocycles. The first-order valence-corrected chi connectivity index (χ1v) is 3.18. The Labute approximate surface area is 64.1 Å². The number of ether oxygens (including phenoxy) is 1. The van der Waals surface area contributed by atoms with E-state index in [1.165, 1.54) is 0 Å². The standard InChI is InChI=1S/C5H11N5O/c1-5(6,3-11-2)4-7-9-10-8-4/h3,6H2,1-2H3,(H,7,8,9,10). The van der Waals surface area contributed by atoms with Gasteiger partial charge in [-0.1, -0.05) is 5.21 Å². The maximum absolute atomic E-state index is 5.78. The van der Waals surface area contributed by atoms with Crippen molar-refractivity contribution in [2.24, 2.45) is 5.73 Å². The maximum Gasteiger partial charge on any atom is 0.196 e. The number of aromatic nitrogens is 4. The molecule has 0 aliphatic rings. The van der Waals surface area contributed by atoms with Crippen LogP contribution in [0.25, 0.3) is 0 Å². The Morgan fingerprint density at radius 3 is 2.91 bits per heavy atom. The van der Waals surface area contributed by atoms with Gasteiger partial charge in [0, 0.05) is 7.11 Å². The summed E-state index contributed by atoms with van der Waals surface area (Å²) in [5, 5.41) is 13.2. The molecule has 0 bridgehead atoms. The second-order valence-corrected chi connectivity index (χ2v) is 2.59. The number of rotatable bonds is 3. The van der Waals surface area contributed by atoms with Gasteiger partial charge in [0.25, 0.3) is 0 Å². The Morgan fingerprint density at radius 1 is 1.73 bits per heavy atom. The van der Waals surface area contributed by atoms with Crippen LogP contribution in [-0.4, -0.2) is 34.3 Å². The van der Waals surface area contributed by atoms with Crippen LogP contribution in [-0.2, 0) is 10.3 Å². The smallest absolute Gasteiger partial charge is 0.196 e. The van der Waals surface area contributed by atoms with Crippen LogP contribution >= 0.6 is 0 Å². The molecule has 62 valence electrons. The Morgan fingerprint density at radius 2 is 2.45 bits per heavy atom. The highest BCUT2D eigenvalue weighted by molar-refractivity contribution is 4.97. The van der Waals surface area contributed by atoms with E-state index in [0.717, 1.165) is 0 Å². The monoisotopic (exact) mass is 157 g/mol. The molecule has 6 heteroatoms. The lowest BCUT2D eigenvalue weighted by molar-refractivity contribution is 0.136. The topological polar surface area (TPSA) is 89.7 Å². The molecule has 0 radical (unpaired) electrons. The highest BCUT2D eigenvalue weighted by atomic mass is 16.5. The van der Waals surface area contributed by atoms with Gasteiger partial charge in [0.2, 0.25) is 0 Å². The van der Waals surface area contributed by atoms with Gasteiger partial charge >= 0.3 is 0 Å². The van der Waals surface area contributed by atoms with Crippen LogP contribution in [0.3, 0.4) is 0 Å². The fraction of sp³-hybridized carbons (Fsp3) is 0.800. The van der Waals surface area contributed by atoms with Crippen LogP contribution in [0.2, 0.25) is 0 Å². The summed E-state index contributed by atoms with van der Waals surface area (Å²) in [4.78, 5) is 0. The molecule has 0 spiro atoms. The largest absolute Gasteiger partial charge is 0.382 e. The first kappa shape index (κ1) is 8.09. The van der Waals surface area contributed by atoms with Crippen LogP contribution in [0.15, 0.2) is 0 Å². The van der Waals surface area contributed by atoms with Gasteiger partial charge in [-0.05, 0) is 6.92 Å². The van der Waals surface area contributed by atoms with Crippen molar-refractivity contribution in [1.82, 2.24) is 20.6 Å². The van der Waals surface area contributed by atoms with E-state index < -0.39 is 5.54 Å². The minimum absolute atomic E-state index is 0.368. The van der Waals surface area contributed by atoms with Crippen LogP contribution in [0.4, 0.5) is 0 Å². The highest BCUT2D eigenvalue weighted by Crippen LogP contribution is 2.10. The van der Waals surface area contributed by atoms with E-state index in [0.29, 0.717) is 12.4 Å². The first-order chi connectivity index (χ1) is 5.17. The van der Waals surface area contributed by atoms with Crippen molar-refractivity contribution in [1.29, 1.82) is 0 Å². The van der Waals surface area contributed by atoms with Gasteiger partial charge in [0.1, 0.15) is 5.54 Å². The lowest BCUT2D eigenvalue weighted by Gasteiger charge is -2.18. The Bertz CT molecular complexity index is 207. The van der Waals surface area contributed by atoms with Gasteiger partial charge in [-0.25, -0.2) is 0 Å². The maximum atomic E-state index is 5.78. The molecule has 3 N–H and O–H groups in total. The summed E-state index contributed by atoms with van der Waals surface area (Å²) in [7, 11) is 1.57. The Kier molecular flexibility index (Phi) is 2.16. The van der Waals surface area contributed by atoms with Crippen molar-refractivity contribution in [2.45, 2.75) is 12.5 Å². The fourth-order valence-corrected chi connectivity index (χ4v) is 0.768. The van der Waals surface area contributed by atoms with Crippen molar-refractivity contribution in [2.75, 3.05) is 13.7 Å². The molecule has 6 nitrogen and oxygen atoms in total. The molecule has 0 fully saturated rings. The van der Waals surface area contributed by atoms with Crippen molar-refractivity contribution in [3.63, 3.8) is 0 Å². The number of nitrogens with two attached hydrogens (primary N) is 1. The molecule has 0 aliphatic carbocycles. The number of nitrogens with zero attached hydrogens (tertiary/aromatic N) is 3. The van der Waals surface area contributed by atoms with Crippen LogP contribution < -0.4 is 5.73 Å². The lowest BCUT2D eigenvalue weighted by atomic mass is 10.1. The summed E-state index contributed by atoms with van der Waals surface area (Å²) in [5.41, 5.74) is 5.12. The molecular weight excluding hydrogens is 146 g/mol. The molecule has 1 aromatic rings. The van der Waals surface area contributed by atoms with E-state index in [-0.39, 0.29) is 0 Å². The summed E-state index contributed by atoms with van der Waals surface area (Å²) < 4.78 is 4.88. The lowest BCUT2D eigenvalue weighted by Crippen LogP contribution is -2.39. The zero-order chi connectivity index (χ0) is 8.32. The van der Waals surface area contributed by atoms with Crippen LogP contribution in [0, 0.1) is 0 Å². The van der Waals surface area contributed by atoms with Gasteiger partial charge in [0.05, 0.1) is 6.61 Å². The molecule has 1 atom stereocenters. The molecule has 0 aliphatic heterocycles. The molecule has 0 saturated heterocycles. The predicted molar refractivity (Wildman–Crippen MR) is 37.6 cm³/mol. The minimum Gasteiger partial charge on any atom is -0.382 e. The molecule has 1 rings (SSSR count). The zero-order valence-corrected chi connectivity index (χ0v) is 6.53. The molecule has 0 amide bonds. The predicted octanol–water partition coefficient (Wildman–Crippen LogP) is -0.980. The van der Waals surface area contributed by atoms with E-state index in [4.69, 9.17) is 10.5 Å². The van der Waals surface area contributed by atoms with Gasteiger partial charge < -0.3 is 10.5 Å². The number of aromatic amines is 1. The molecule has 11 heavy (non-hydrogen) atoms. The average molecular weight is 157 g/mol. The SMILES string of the molecule is COCC(C)(N)c1nn[nH]n1. The van der Waals surface area contributed by atoms with E-state index in [9.17, 15) is 0 Å². The summed E-state index contributed by atoms with van der Waals surface area (Å²) >= 11 is 0. The third-order valence-electron chi connectivity index (χ3n) is 1.30. The van der Waals surface area contributed by atoms with E-state index in [2.05, 4.69) is 20.6 Å². The van der Waals surface area contributed by atoms with Gasteiger partial charge in [0.15, 0.2) is 5.82 Å². The number of hydrogen-bond acceptors (Lipinski definition) is 5. The number of methoxy groups -OCH3 is 1. The first-order valence-electron chi connectivity index (χ1n) is 3.18. The van der Waals surface area contributed by atoms with Crippen molar-refractivity contribution < 1.29 is 4.74 Å². The molecule has 1 unspecified atom stereocenters. The number of hydrogen-bond donors (Lipinski definition) is 2. The fourth-order valence-electron chi connectivity index (χ4n) is 0.768. The Hall–Kier alpha value is -1.01. The third kappa shape index (κ3) is 1.72. The van der Waals surface area contributed by atoms with Gasteiger partial charge in [-0.15, -0.1) is 10.2 Å².